The monoisotopic (exact) mass is 645 g/mol. The summed E-state index contributed by atoms with van der Waals surface area (Å²) in [5.41, 5.74) is 6.75. The van der Waals surface area contributed by atoms with Gasteiger partial charge in [-0.1, -0.05) is 42.5 Å². The maximum atomic E-state index is 12.8. The molecule has 0 fully saturated rings. The van der Waals surface area contributed by atoms with Gasteiger partial charge in [0.25, 0.3) is 0 Å². The zero-order valence-electron chi connectivity index (χ0n) is 24.8. The molecule has 14 nitrogen and oxygen atoms in total. The lowest BCUT2D eigenvalue weighted by molar-refractivity contribution is -0.139. The van der Waals surface area contributed by atoms with E-state index in [1.54, 1.807) is 12.2 Å². The fourth-order valence-corrected chi connectivity index (χ4v) is 4.95. The maximum absolute atomic E-state index is 12.8. The number of nitrogens with one attached hydrogen (secondary N) is 2. The number of methoxy groups -OCH3 is 1. The van der Waals surface area contributed by atoms with E-state index in [2.05, 4.69) is 10.6 Å². The minimum atomic E-state index is -1.28. The van der Waals surface area contributed by atoms with Crippen LogP contribution in [0.1, 0.15) is 43.1 Å². The highest BCUT2D eigenvalue weighted by molar-refractivity contribution is 7.99. The zero-order valence-corrected chi connectivity index (χ0v) is 25.6. The van der Waals surface area contributed by atoms with Crippen molar-refractivity contribution in [2.75, 3.05) is 19.4 Å². The number of thioether (sulfide) groups is 1. The summed E-state index contributed by atoms with van der Waals surface area (Å²) in [4.78, 5) is 70.7. The van der Waals surface area contributed by atoms with Crippen molar-refractivity contribution in [2.24, 2.45) is 5.73 Å². The topological polar surface area (TPSA) is 221 Å². The van der Waals surface area contributed by atoms with Gasteiger partial charge in [-0.05, 0) is 18.1 Å². The summed E-state index contributed by atoms with van der Waals surface area (Å²) >= 11 is 1.25. The third-order valence-corrected chi connectivity index (χ3v) is 7.20. The molecule has 3 atom stereocenters. The van der Waals surface area contributed by atoms with E-state index in [0.717, 1.165) is 5.56 Å². The number of carboxylic acid groups (broad SMARTS) is 2. The van der Waals surface area contributed by atoms with Crippen molar-refractivity contribution in [3.63, 3.8) is 0 Å². The van der Waals surface area contributed by atoms with E-state index in [1.165, 1.54) is 44.9 Å². The number of rotatable bonds is 17. The molecule has 0 aliphatic rings. The number of nitrogens with two attached hydrogens (primary N) is 1. The van der Waals surface area contributed by atoms with E-state index in [1.807, 2.05) is 30.3 Å². The molecule has 2 aromatic rings. The Morgan fingerprint density at radius 3 is 2.13 bits per heavy atom. The van der Waals surface area contributed by atoms with Crippen LogP contribution in [0.2, 0.25) is 0 Å². The molecule has 6 N–H and O–H groups in total. The molecule has 0 saturated carbocycles. The van der Waals surface area contributed by atoms with Crippen LogP contribution in [-0.2, 0) is 28.8 Å². The van der Waals surface area contributed by atoms with Crippen LogP contribution in [0.15, 0.2) is 48.5 Å². The summed E-state index contributed by atoms with van der Waals surface area (Å²) in [6, 6.07) is 9.57. The Balaban J connectivity index is 2.38. The highest BCUT2D eigenvalue weighted by Gasteiger charge is 2.24. The molecule has 0 aromatic heterocycles. The minimum Gasteiger partial charge on any atom is -0.496 e. The molecule has 0 aliphatic carbocycles. The number of amides is 2. The Morgan fingerprint density at radius 1 is 0.956 bits per heavy atom. The van der Waals surface area contributed by atoms with Crippen LogP contribution in [0.4, 0.5) is 0 Å². The van der Waals surface area contributed by atoms with Crippen LogP contribution in [0.3, 0.4) is 0 Å². The number of esters is 2. The molecule has 3 unspecified atom stereocenters. The molecule has 15 heteroatoms. The fraction of sp³-hybridized carbons (Fsp3) is 0.333. The first-order chi connectivity index (χ1) is 21.3. The second-order valence-electron chi connectivity index (χ2n) is 9.47. The quantitative estimate of drug-likeness (QED) is 0.123. The second kappa shape index (κ2) is 18.0. The lowest BCUT2D eigenvalue weighted by atomic mass is 10.1. The first-order valence-electron chi connectivity index (χ1n) is 13.5. The SMILES string of the molecule is COc1cc(OC(C)=O)c(OC(C)=O)cc1/C=C/C(SCC(NC(=O)CCC(N)C(=O)O)C(=O)NCC(=O)O)c1ccccc1. The van der Waals surface area contributed by atoms with Crippen LogP contribution in [0, 0.1) is 0 Å². The average molecular weight is 646 g/mol. The number of hydrogen-bond donors (Lipinski definition) is 5. The summed E-state index contributed by atoms with van der Waals surface area (Å²) in [5, 5.41) is 22.3. The van der Waals surface area contributed by atoms with Gasteiger partial charge >= 0.3 is 23.9 Å². The summed E-state index contributed by atoms with van der Waals surface area (Å²) in [5.74, 6) is -4.94. The van der Waals surface area contributed by atoms with Crippen molar-refractivity contribution >= 4 is 53.5 Å². The maximum Gasteiger partial charge on any atom is 0.322 e. The van der Waals surface area contributed by atoms with Crippen molar-refractivity contribution in [1.29, 1.82) is 0 Å². The Labute approximate surface area is 263 Å². The number of carboxylic acids is 2. The normalized spacial score (nSPS) is 12.8. The van der Waals surface area contributed by atoms with Gasteiger partial charge < -0.3 is 40.8 Å². The third-order valence-electron chi connectivity index (χ3n) is 5.89. The summed E-state index contributed by atoms with van der Waals surface area (Å²) in [7, 11) is 1.41. The van der Waals surface area contributed by atoms with Crippen LogP contribution >= 0.6 is 11.8 Å². The van der Waals surface area contributed by atoms with Crippen molar-refractivity contribution in [3.05, 3.63) is 59.7 Å². The lowest BCUT2D eigenvalue weighted by Crippen LogP contribution is -2.49. The summed E-state index contributed by atoms with van der Waals surface area (Å²) in [6.45, 7) is 1.72. The van der Waals surface area contributed by atoms with E-state index in [9.17, 15) is 28.8 Å². The molecular weight excluding hydrogens is 610 g/mol. The standard InChI is InChI=1S/C30H35N3O11S/c1-17(34)43-24-13-20(23(42-3)14-25(24)44-18(2)35)9-11-26(19-7-5-4-6-8-19)45-16-22(29(39)32-15-28(37)38)33-27(36)12-10-21(31)30(40)41/h4-9,11,13-14,21-22,26H,10,12,15-16,31H2,1-3H3,(H,32,39)(H,33,36)(H,37,38)(H,40,41)/b11-9+. The number of benzene rings is 2. The van der Waals surface area contributed by atoms with Gasteiger partial charge in [0.2, 0.25) is 11.8 Å². The van der Waals surface area contributed by atoms with Crippen molar-refractivity contribution in [1.82, 2.24) is 10.6 Å². The van der Waals surface area contributed by atoms with Crippen molar-refractivity contribution < 1.29 is 53.2 Å². The predicted molar refractivity (Wildman–Crippen MR) is 164 cm³/mol. The fourth-order valence-electron chi connectivity index (χ4n) is 3.78. The molecule has 0 aliphatic heterocycles. The molecule has 242 valence electrons. The number of ether oxygens (including phenoxy) is 3. The van der Waals surface area contributed by atoms with E-state index < -0.39 is 59.6 Å². The van der Waals surface area contributed by atoms with Crippen LogP contribution in [0.25, 0.3) is 6.08 Å². The first-order valence-corrected chi connectivity index (χ1v) is 14.6. The molecule has 0 spiro atoms. The number of aliphatic carboxylic acids is 2. The molecule has 0 bridgehead atoms. The highest BCUT2D eigenvalue weighted by Crippen LogP contribution is 2.38. The average Bonchev–Trinajstić information content (AvgIpc) is 2.98. The lowest BCUT2D eigenvalue weighted by Gasteiger charge is -2.21. The first kappa shape index (κ1) is 36.3. The van der Waals surface area contributed by atoms with Crippen LogP contribution in [0.5, 0.6) is 17.2 Å². The van der Waals surface area contributed by atoms with E-state index in [-0.39, 0.29) is 30.1 Å². The van der Waals surface area contributed by atoms with Crippen LogP contribution in [-0.4, -0.2) is 77.4 Å². The Bertz CT molecular complexity index is 1420. The minimum absolute atomic E-state index is 0.00665. The number of hydrogen-bond acceptors (Lipinski definition) is 11. The van der Waals surface area contributed by atoms with Gasteiger partial charge in [0.1, 0.15) is 24.4 Å². The predicted octanol–water partition coefficient (Wildman–Crippen LogP) is 1.91. The zero-order chi connectivity index (χ0) is 33.5. The summed E-state index contributed by atoms with van der Waals surface area (Å²) < 4.78 is 15.9. The van der Waals surface area contributed by atoms with Gasteiger partial charge in [-0.15, -0.1) is 11.8 Å². The molecule has 2 amide bonds. The largest absolute Gasteiger partial charge is 0.496 e. The molecule has 2 rings (SSSR count). The van der Waals surface area contributed by atoms with Gasteiger partial charge in [0, 0.05) is 42.9 Å². The van der Waals surface area contributed by atoms with E-state index >= 15 is 0 Å². The molecule has 0 saturated heterocycles. The molecular formula is C30H35N3O11S. The summed E-state index contributed by atoms with van der Waals surface area (Å²) in [6.07, 6.45) is 3.03. The van der Waals surface area contributed by atoms with Gasteiger partial charge in [0.15, 0.2) is 11.5 Å². The van der Waals surface area contributed by atoms with E-state index in [0.29, 0.717) is 11.3 Å². The molecule has 45 heavy (non-hydrogen) atoms. The molecule has 2 aromatic carbocycles. The van der Waals surface area contributed by atoms with Gasteiger partial charge in [-0.3, -0.25) is 28.8 Å². The van der Waals surface area contributed by atoms with Crippen LogP contribution < -0.4 is 30.6 Å². The molecule has 0 radical (unpaired) electrons. The van der Waals surface area contributed by atoms with Crippen molar-refractivity contribution in [3.8, 4) is 17.2 Å². The highest BCUT2D eigenvalue weighted by atomic mass is 32.2. The number of carbonyl (C=O) groups is 6. The Kier molecular flexibility index (Phi) is 14.6. The van der Waals surface area contributed by atoms with Crippen molar-refractivity contribution in [2.45, 2.75) is 44.0 Å². The third kappa shape index (κ3) is 12.7. The smallest absolute Gasteiger partial charge is 0.322 e. The van der Waals surface area contributed by atoms with Gasteiger partial charge in [-0.2, -0.15) is 0 Å². The number of carbonyl (C=O) groups excluding carboxylic acids is 4. The van der Waals surface area contributed by atoms with Gasteiger partial charge in [-0.25, -0.2) is 0 Å². The Hall–Kier alpha value is -4.89. The Morgan fingerprint density at radius 2 is 1.58 bits per heavy atom. The van der Waals surface area contributed by atoms with E-state index in [4.69, 9.17) is 30.2 Å². The molecule has 0 heterocycles. The second-order valence-corrected chi connectivity index (χ2v) is 10.6. The van der Waals surface area contributed by atoms with Gasteiger partial charge in [0.05, 0.1) is 7.11 Å².